The van der Waals surface area contributed by atoms with Gasteiger partial charge in [-0.05, 0) is 48.4 Å². The predicted octanol–water partition coefficient (Wildman–Crippen LogP) is 2.45. The molecule has 7 heteroatoms. The number of nitrogens with zero attached hydrogens (tertiary/aromatic N) is 1. The normalized spacial score (nSPS) is 23.0. The Labute approximate surface area is 154 Å². The van der Waals surface area contributed by atoms with Crippen molar-refractivity contribution in [2.45, 2.75) is 56.0 Å². The van der Waals surface area contributed by atoms with Crippen LogP contribution in [0.4, 0.5) is 0 Å². The van der Waals surface area contributed by atoms with Crippen LogP contribution >= 0.6 is 0 Å². The molecule has 2 atom stereocenters. The van der Waals surface area contributed by atoms with Crippen LogP contribution in [0.3, 0.4) is 0 Å². The zero-order valence-corrected chi connectivity index (χ0v) is 16.0. The molecule has 1 aromatic heterocycles. The topological polar surface area (TPSA) is 111 Å². The first-order chi connectivity index (χ1) is 12.3. The van der Waals surface area contributed by atoms with E-state index in [1.165, 1.54) is 0 Å². The molecule has 2 aliphatic rings. The van der Waals surface area contributed by atoms with Gasteiger partial charge in [0, 0.05) is 47.2 Å². The highest BCUT2D eigenvalue weighted by molar-refractivity contribution is 7.89. The van der Waals surface area contributed by atoms with Gasteiger partial charge < -0.3 is 11.5 Å². The highest BCUT2D eigenvalue weighted by Crippen LogP contribution is 2.45. The summed E-state index contributed by atoms with van der Waals surface area (Å²) in [5, 5.41) is 1.53. The number of nitrogens with one attached hydrogen (secondary N) is 1. The number of benzene rings is 1. The first kappa shape index (κ1) is 17.9. The molecule has 2 aromatic rings. The van der Waals surface area contributed by atoms with Crippen LogP contribution in [-0.4, -0.2) is 19.9 Å². The predicted molar refractivity (Wildman–Crippen MR) is 102 cm³/mol. The third-order valence-electron chi connectivity index (χ3n) is 5.32. The van der Waals surface area contributed by atoms with Gasteiger partial charge >= 0.3 is 0 Å². The molecule has 0 saturated heterocycles. The lowest BCUT2D eigenvalue weighted by Gasteiger charge is -2.16. The fourth-order valence-corrected chi connectivity index (χ4v) is 5.21. The second kappa shape index (κ2) is 6.27. The van der Waals surface area contributed by atoms with Crippen molar-refractivity contribution >= 4 is 20.8 Å². The quantitative estimate of drug-likeness (QED) is 0.744. The van der Waals surface area contributed by atoms with E-state index >= 15 is 0 Å². The van der Waals surface area contributed by atoms with Gasteiger partial charge in [0.15, 0.2) is 0 Å². The Hall–Kier alpha value is -1.54. The average Bonchev–Trinajstić information content (AvgIpc) is 3.38. The summed E-state index contributed by atoms with van der Waals surface area (Å²) >= 11 is 0. The largest absolute Gasteiger partial charge is 0.324 e. The molecule has 2 aliphatic carbocycles. The molecule has 1 heterocycles. The fraction of sp³-hybridized carbons (Fsp3) is 0.526. The summed E-state index contributed by atoms with van der Waals surface area (Å²) in [6.45, 7) is 4.35. The Morgan fingerprint density at radius 3 is 2.58 bits per heavy atom. The van der Waals surface area contributed by atoms with Gasteiger partial charge in [0.05, 0.1) is 4.90 Å². The molecule has 1 saturated carbocycles. The Bertz CT molecular complexity index is 967. The van der Waals surface area contributed by atoms with Gasteiger partial charge in [-0.3, -0.25) is 4.98 Å². The third kappa shape index (κ3) is 3.03. The van der Waals surface area contributed by atoms with Gasteiger partial charge in [0.1, 0.15) is 0 Å². The Morgan fingerprint density at radius 1 is 1.19 bits per heavy atom. The molecule has 140 valence electrons. The smallest absolute Gasteiger partial charge is 0.241 e. The summed E-state index contributed by atoms with van der Waals surface area (Å²) in [5.41, 5.74) is 15.3. The van der Waals surface area contributed by atoms with E-state index in [0.29, 0.717) is 29.2 Å². The minimum Gasteiger partial charge on any atom is -0.324 e. The Kier molecular flexibility index (Phi) is 4.30. The zero-order chi connectivity index (χ0) is 18.6. The SMILES string of the molecule is CC(C)CNS(=O)(=O)c1cc2c(c3cnc(C4CC4)cc13)[C@@H](N)C[C@H]2N. The molecule has 6 nitrogen and oxygen atoms in total. The standard InChI is InChI=1S/C19H26N4O2S/c1-10(2)8-23-26(24,25)18-6-13-15(20)7-16(21)19(13)14-9-22-17(5-12(14)18)11-3-4-11/h5-6,9-11,15-16,23H,3-4,7-8,20-21H2,1-2H3/t15-,16+/m1/s1. The third-order valence-corrected chi connectivity index (χ3v) is 6.79. The van der Waals surface area contributed by atoms with Crippen LogP contribution < -0.4 is 16.2 Å². The minimum absolute atomic E-state index is 0.184. The van der Waals surface area contributed by atoms with E-state index in [4.69, 9.17) is 11.5 Å². The number of nitrogens with two attached hydrogens (primary N) is 2. The van der Waals surface area contributed by atoms with Crippen molar-refractivity contribution in [1.82, 2.24) is 9.71 Å². The van der Waals surface area contributed by atoms with Crippen LogP contribution in [-0.2, 0) is 10.0 Å². The second-order valence-electron chi connectivity index (χ2n) is 8.00. The lowest BCUT2D eigenvalue weighted by Crippen LogP contribution is -2.28. The Morgan fingerprint density at radius 2 is 1.92 bits per heavy atom. The second-order valence-corrected chi connectivity index (χ2v) is 9.74. The van der Waals surface area contributed by atoms with Crippen LogP contribution in [0, 0.1) is 5.92 Å². The maximum atomic E-state index is 13.0. The fourth-order valence-electron chi connectivity index (χ4n) is 3.76. The van der Waals surface area contributed by atoms with E-state index in [0.717, 1.165) is 35.0 Å². The number of hydrogen-bond acceptors (Lipinski definition) is 5. The van der Waals surface area contributed by atoms with Gasteiger partial charge in [-0.15, -0.1) is 0 Å². The number of rotatable bonds is 5. The lowest BCUT2D eigenvalue weighted by atomic mass is 9.99. The molecule has 0 bridgehead atoms. The first-order valence-corrected chi connectivity index (χ1v) is 10.7. The van der Waals surface area contributed by atoms with Crippen molar-refractivity contribution < 1.29 is 8.42 Å². The summed E-state index contributed by atoms with van der Waals surface area (Å²) in [6, 6.07) is 3.24. The molecule has 1 fully saturated rings. The summed E-state index contributed by atoms with van der Waals surface area (Å²) in [6.07, 6.45) is 4.64. The molecular weight excluding hydrogens is 348 g/mol. The van der Waals surface area contributed by atoms with Crippen molar-refractivity contribution in [2.75, 3.05) is 6.54 Å². The zero-order valence-electron chi connectivity index (χ0n) is 15.2. The summed E-state index contributed by atoms with van der Waals surface area (Å²) in [5.74, 6) is 0.674. The molecule has 0 amide bonds. The molecule has 0 radical (unpaired) electrons. The van der Waals surface area contributed by atoms with Crippen molar-refractivity contribution in [3.63, 3.8) is 0 Å². The van der Waals surface area contributed by atoms with Crippen molar-refractivity contribution in [3.8, 4) is 0 Å². The maximum absolute atomic E-state index is 13.0. The lowest BCUT2D eigenvalue weighted by molar-refractivity contribution is 0.560. The minimum atomic E-state index is -3.64. The summed E-state index contributed by atoms with van der Waals surface area (Å²) in [7, 11) is -3.64. The monoisotopic (exact) mass is 374 g/mol. The van der Waals surface area contributed by atoms with Crippen molar-refractivity contribution in [3.05, 3.63) is 35.2 Å². The van der Waals surface area contributed by atoms with E-state index in [9.17, 15) is 8.42 Å². The van der Waals surface area contributed by atoms with Gasteiger partial charge in [0.25, 0.3) is 0 Å². The van der Waals surface area contributed by atoms with Crippen molar-refractivity contribution in [2.24, 2.45) is 17.4 Å². The van der Waals surface area contributed by atoms with Crippen LogP contribution in [0.2, 0.25) is 0 Å². The highest BCUT2D eigenvalue weighted by Gasteiger charge is 2.33. The number of pyridine rings is 1. The van der Waals surface area contributed by atoms with E-state index in [2.05, 4.69) is 9.71 Å². The van der Waals surface area contributed by atoms with E-state index in [1.807, 2.05) is 19.9 Å². The van der Waals surface area contributed by atoms with E-state index in [1.54, 1.807) is 12.3 Å². The van der Waals surface area contributed by atoms with Gasteiger partial charge in [-0.2, -0.15) is 0 Å². The number of fused-ring (bicyclic) bond motifs is 3. The molecule has 0 aliphatic heterocycles. The van der Waals surface area contributed by atoms with Gasteiger partial charge in [0.2, 0.25) is 10.0 Å². The van der Waals surface area contributed by atoms with E-state index < -0.39 is 10.0 Å². The molecule has 1 aromatic carbocycles. The van der Waals surface area contributed by atoms with E-state index in [-0.39, 0.29) is 18.0 Å². The molecule has 4 rings (SSSR count). The number of sulfonamides is 1. The molecule has 0 spiro atoms. The molecule has 0 unspecified atom stereocenters. The molecule has 26 heavy (non-hydrogen) atoms. The highest BCUT2D eigenvalue weighted by atomic mass is 32.2. The van der Waals surface area contributed by atoms with Gasteiger partial charge in [-0.25, -0.2) is 13.1 Å². The average molecular weight is 375 g/mol. The maximum Gasteiger partial charge on any atom is 0.241 e. The molecular formula is C19H26N4O2S. The Balaban J connectivity index is 1.94. The van der Waals surface area contributed by atoms with Crippen LogP contribution in [0.5, 0.6) is 0 Å². The molecule has 5 N–H and O–H groups in total. The van der Waals surface area contributed by atoms with Crippen LogP contribution in [0.25, 0.3) is 10.8 Å². The summed E-state index contributed by atoms with van der Waals surface area (Å²) in [4.78, 5) is 4.88. The number of aromatic nitrogens is 1. The van der Waals surface area contributed by atoms with Crippen LogP contribution in [0.1, 0.15) is 67.9 Å². The first-order valence-electron chi connectivity index (χ1n) is 9.25. The van der Waals surface area contributed by atoms with Crippen molar-refractivity contribution in [1.29, 1.82) is 0 Å². The van der Waals surface area contributed by atoms with Crippen LogP contribution in [0.15, 0.2) is 23.2 Å². The van der Waals surface area contributed by atoms with Gasteiger partial charge in [-0.1, -0.05) is 13.8 Å². The summed E-state index contributed by atoms with van der Waals surface area (Å²) < 4.78 is 28.8. The number of hydrogen-bond donors (Lipinski definition) is 3.